The number of amides is 1. The molecule has 1 N–H and O–H groups in total. The predicted molar refractivity (Wildman–Crippen MR) is 63.2 cm³/mol. The lowest BCUT2D eigenvalue weighted by atomic mass is 10.2. The maximum Gasteiger partial charge on any atom is 0.428 e. The second-order valence-corrected chi connectivity index (χ2v) is 5.13. The van der Waals surface area contributed by atoms with Crippen molar-refractivity contribution in [1.29, 1.82) is 0 Å². The Morgan fingerprint density at radius 2 is 2.00 bits per heavy atom. The largest absolute Gasteiger partial charge is 0.442 e. The zero-order valence-corrected chi connectivity index (χ0v) is 10.7. The van der Waals surface area contributed by atoms with Gasteiger partial charge in [0.1, 0.15) is 5.60 Å². The van der Waals surface area contributed by atoms with E-state index in [0.29, 0.717) is 4.32 Å². The monoisotopic (exact) mass is 236 g/mol. The predicted octanol–water partition coefficient (Wildman–Crippen LogP) is 2.01. The van der Waals surface area contributed by atoms with Gasteiger partial charge in [0.15, 0.2) is 4.32 Å². The molecule has 0 saturated heterocycles. The Morgan fingerprint density at radius 1 is 1.50 bits per heavy atom. The van der Waals surface area contributed by atoms with Crippen molar-refractivity contribution in [2.24, 2.45) is 0 Å². The van der Waals surface area contributed by atoms with Gasteiger partial charge in [-0.25, -0.2) is 9.80 Å². The summed E-state index contributed by atoms with van der Waals surface area (Å²) >= 11 is 6.25. The normalized spacial score (nSPS) is 10.6. The quantitative estimate of drug-likeness (QED) is 0.515. The van der Waals surface area contributed by atoms with Crippen LogP contribution in [0.3, 0.4) is 0 Å². The van der Waals surface area contributed by atoms with E-state index in [0.717, 1.165) is 0 Å². The summed E-state index contributed by atoms with van der Waals surface area (Å²) in [5, 5.41) is 1.23. The Labute approximate surface area is 94.3 Å². The molecule has 14 heavy (non-hydrogen) atoms. The summed E-state index contributed by atoms with van der Waals surface area (Å²) in [6.45, 7) is 5.43. The number of hydrogen-bond donors (Lipinski definition) is 1. The molecule has 1 amide bonds. The smallest absolute Gasteiger partial charge is 0.428 e. The van der Waals surface area contributed by atoms with Gasteiger partial charge in [0.05, 0.1) is 0 Å². The van der Waals surface area contributed by atoms with Crippen LogP contribution in [-0.4, -0.2) is 34.3 Å². The average molecular weight is 236 g/mol. The van der Waals surface area contributed by atoms with Gasteiger partial charge in [0.2, 0.25) is 0 Å². The van der Waals surface area contributed by atoms with Crippen LogP contribution in [0.1, 0.15) is 20.8 Å². The first-order chi connectivity index (χ1) is 6.26. The number of thiocarbonyl (C=S) groups is 1. The van der Waals surface area contributed by atoms with E-state index in [1.165, 1.54) is 16.8 Å². The van der Waals surface area contributed by atoms with Crippen LogP contribution in [0.15, 0.2) is 0 Å². The minimum atomic E-state index is -0.492. The first kappa shape index (κ1) is 13.5. The van der Waals surface area contributed by atoms with Gasteiger partial charge in [0.25, 0.3) is 0 Å². The molecule has 0 saturated carbocycles. The highest BCUT2D eigenvalue weighted by Gasteiger charge is 2.19. The highest BCUT2D eigenvalue weighted by atomic mass is 32.2. The highest BCUT2D eigenvalue weighted by molar-refractivity contribution is 8.22. The van der Waals surface area contributed by atoms with Gasteiger partial charge in [-0.1, -0.05) is 24.0 Å². The van der Waals surface area contributed by atoms with Gasteiger partial charge < -0.3 is 4.74 Å². The van der Waals surface area contributed by atoms with E-state index < -0.39 is 11.7 Å². The van der Waals surface area contributed by atoms with Gasteiger partial charge in [-0.2, -0.15) is 0 Å². The summed E-state index contributed by atoms with van der Waals surface area (Å²) in [7, 11) is 1.57. The third kappa shape index (κ3) is 6.04. The van der Waals surface area contributed by atoms with Gasteiger partial charge in [-0.3, -0.25) is 5.43 Å². The summed E-state index contributed by atoms with van der Waals surface area (Å²) < 4.78 is 5.63. The van der Waals surface area contributed by atoms with E-state index in [9.17, 15) is 4.79 Å². The van der Waals surface area contributed by atoms with Crippen molar-refractivity contribution in [3.63, 3.8) is 0 Å². The number of ether oxygens (including phenoxy) is 1. The molecule has 0 fully saturated rings. The van der Waals surface area contributed by atoms with Crippen molar-refractivity contribution >= 4 is 34.4 Å². The van der Waals surface area contributed by atoms with Crippen LogP contribution < -0.4 is 5.43 Å². The summed E-state index contributed by atoms with van der Waals surface area (Å²) in [4.78, 5) is 11.4. The number of hydrazine groups is 1. The summed E-state index contributed by atoms with van der Waals surface area (Å²) in [6.07, 6.45) is 1.38. The minimum absolute atomic E-state index is 0.450. The second kappa shape index (κ2) is 5.41. The fraction of sp³-hybridized carbons (Fsp3) is 0.750. The maximum atomic E-state index is 11.4. The number of thioether (sulfide) groups is 1. The molecule has 0 aliphatic rings. The van der Waals surface area contributed by atoms with Crippen LogP contribution in [0.2, 0.25) is 0 Å². The van der Waals surface area contributed by atoms with Gasteiger partial charge in [-0.15, -0.1) is 0 Å². The maximum absolute atomic E-state index is 11.4. The van der Waals surface area contributed by atoms with E-state index in [4.69, 9.17) is 17.0 Å². The van der Waals surface area contributed by atoms with Crippen LogP contribution in [-0.2, 0) is 4.74 Å². The van der Waals surface area contributed by atoms with E-state index in [2.05, 4.69) is 5.43 Å². The first-order valence-corrected chi connectivity index (χ1v) is 5.71. The molecule has 0 aromatic carbocycles. The van der Waals surface area contributed by atoms with E-state index in [-0.39, 0.29) is 0 Å². The molecule has 0 unspecified atom stereocenters. The molecule has 82 valence electrons. The fourth-order valence-electron chi connectivity index (χ4n) is 0.559. The second-order valence-electron chi connectivity index (χ2n) is 3.64. The van der Waals surface area contributed by atoms with E-state index in [1.807, 2.05) is 27.0 Å². The minimum Gasteiger partial charge on any atom is -0.442 e. The fourth-order valence-corrected chi connectivity index (χ4v) is 0.924. The number of hydrogen-bond acceptors (Lipinski definition) is 4. The molecule has 0 aromatic heterocycles. The van der Waals surface area contributed by atoms with Crippen molar-refractivity contribution in [3.8, 4) is 0 Å². The van der Waals surface area contributed by atoms with Crippen molar-refractivity contribution in [3.05, 3.63) is 0 Å². The van der Waals surface area contributed by atoms with Crippen molar-refractivity contribution < 1.29 is 9.53 Å². The molecule has 0 heterocycles. The van der Waals surface area contributed by atoms with Crippen LogP contribution in [0, 0.1) is 0 Å². The number of carbonyl (C=O) groups excluding carboxylic acids is 1. The standard InChI is InChI=1S/C8H16N2O2S2/c1-8(2,3)12-7(11)10(4)9-6(13)14-5/h1-5H3,(H,9,13). The topological polar surface area (TPSA) is 41.6 Å². The Balaban J connectivity index is 4.07. The Bertz CT molecular complexity index is 226. The molecule has 0 rings (SSSR count). The molecule has 0 bridgehead atoms. The molecule has 6 heteroatoms. The lowest BCUT2D eigenvalue weighted by Crippen LogP contribution is -2.44. The Morgan fingerprint density at radius 3 is 2.36 bits per heavy atom. The third-order valence-electron chi connectivity index (χ3n) is 1.11. The summed E-state index contributed by atoms with van der Waals surface area (Å²) in [5.41, 5.74) is 2.21. The van der Waals surface area contributed by atoms with Crippen LogP contribution in [0.4, 0.5) is 4.79 Å². The van der Waals surface area contributed by atoms with Gasteiger partial charge in [0, 0.05) is 7.05 Å². The number of nitrogens with zero attached hydrogens (tertiary/aromatic N) is 1. The van der Waals surface area contributed by atoms with E-state index >= 15 is 0 Å². The average Bonchev–Trinajstić information content (AvgIpc) is 2.00. The number of rotatable bonds is 0. The Hall–Kier alpha value is -0.490. The molecule has 0 aliphatic carbocycles. The zero-order chi connectivity index (χ0) is 11.4. The van der Waals surface area contributed by atoms with Crippen molar-refractivity contribution in [2.75, 3.05) is 13.3 Å². The molecule has 0 spiro atoms. The third-order valence-corrected chi connectivity index (χ3v) is 2.17. The molecular formula is C8H16N2O2S2. The van der Waals surface area contributed by atoms with Gasteiger partial charge >= 0.3 is 6.09 Å². The summed E-state index contributed by atoms with van der Waals surface area (Å²) in [6, 6.07) is 0. The van der Waals surface area contributed by atoms with Crippen LogP contribution in [0.25, 0.3) is 0 Å². The molecule has 0 aromatic rings. The molecule has 4 nitrogen and oxygen atoms in total. The molecular weight excluding hydrogens is 220 g/mol. The molecule has 0 aliphatic heterocycles. The Kier molecular flexibility index (Phi) is 5.22. The van der Waals surface area contributed by atoms with Crippen LogP contribution >= 0.6 is 24.0 Å². The van der Waals surface area contributed by atoms with E-state index in [1.54, 1.807) is 7.05 Å². The number of nitrogens with one attached hydrogen (secondary N) is 1. The summed E-state index contributed by atoms with van der Waals surface area (Å²) in [5.74, 6) is 0. The molecule has 0 atom stereocenters. The SMILES string of the molecule is CSC(=S)NN(C)C(=O)OC(C)(C)C. The molecule has 0 radical (unpaired) electrons. The van der Waals surface area contributed by atoms with Gasteiger partial charge in [-0.05, 0) is 27.0 Å². The number of carbonyl (C=O) groups is 1. The highest BCUT2D eigenvalue weighted by Crippen LogP contribution is 2.08. The first-order valence-electron chi connectivity index (χ1n) is 4.07. The van der Waals surface area contributed by atoms with Crippen molar-refractivity contribution in [1.82, 2.24) is 10.4 Å². The van der Waals surface area contributed by atoms with Crippen LogP contribution in [0.5, 0.6) is 0 Å². The zero-order valence-electron chi connectivity index (χ0n) is 9.08. The lowest BCUT2D eigenvalue weighted by Gasteiger charge is -2.25. The lowest BCUT2D eigenvalue weighted by molar-refractivity contribution is 0.0254. The van der Waals surface area contributed by atoms with Crippen molar-refractivity contribution in [2.45, 2.75) is 26.4 Å².